The van der Waals surface area contributed by atoms with Crippen molar-refractivity contribution in [1.29, 1.82) is 5.26 Å². The van der Waals surface area contributed by atoms with Gasteiger partial charge in [-0.2, -0.15) is 9.65 Å². The van der Waals surface area contributed by atoms with Crippen molar-refractivity contribution in [2.24, 2.45) is 5.92 Å². The maximum absolute atomic E-state index is 14.6. The van der Waals surface area contributed by atoms with Gasteiger partial charge in [-0.3, -0.25) is 5.10 Å². The van der Waals surface area contributed by atoms with Crippen LogP contribution in [-0.2, 0) is 4.79 Å². The van der Waals surface area contributed by atoms with Crippen molar-refractivity contribution < 1.29 is 14.3 Å². The summed E-state index contributed by atoms with van der Waals surface area (Å²) < 4.78 is 14.6. The third-order valence-electron chi connectivity index (χ3n) is 6.10. The number of carbonyl (C=O) groups is 1. The van der Waals surface area contributed by atoms with E-state index in [0.717, 1.165) is 46.8 Å². The Morgan fingerprint density at radius 2 is 1.86 bits per heavy atom. The smallest absolute Gasteiger partial charge is 0.328 e. The number of hydrogen-bond donors (Lipinski definition) is 2. The fourth-order valence-corrected chi connectivity index (χ4v) is 4.63. The van der Waals surface area contributed by atoms with Gasteiger partial charge in [0.05, 0.1) is 16.5 Å². The summed E-state index contributed by atoms with van der Waals surface area (Å²) >= 11 is 6.64. The molecule has 35 heavy (non-hydrogen) atoms. The first-order valence-electron chi connectivity index (χ1n) is 11.1. The lowest BCUT2D eigenvalue weighted by Gasteiger charge is -2.19. The lowest BCUT2D eigenvalue weighted by atomic mass is 9.84. The summed E-state index contributed by atoms with van der Waals surface area (Å²) in [5, 5.41) is 26.1. The van der Waals surface area contributed by atoms with Crippen LogP contribution in [0.1, 0.15) is 40.7 Å². The number of allylic oxidation sites excluding steroid dienone is 1. The first-order valence-corrected chi connectivity index (χ1v) is 11.4. The second-order valence-corrected chi connectivity index (χ2v) is 8.78. The van der Waals surface area contributed by atoms with E-state index in [9.17, 15) is 14.4 Å². The van der Waals surface area contributed by atoms with Crippen LogP contribution in [0, 0.1) is 23.2 Å². The van der Waals surface area contributed by atoms with Gasteiger partial charge in [-0.15, -0.1) is 5.10 Å². The number of carboxylic acid groups (broad SMARTS) is 1. The zero-order valence-electron chi connectivity index (χ0n) is 18.4. The fourth-order valence-electron chi connectivity index (χ4n) is 4.39. The van der Waals surface area contributed by atoms with E-state index in [1.807, 2.05) is 54.6 Å². The average Bonchev–Trinajstić information content (AvgIpc) is 3.63. The highest BCUT2D eigenvalue weighted by Crippen LogP contribution is 2.50. The number of fused-ring (bicyclic) bond motifs is 1. The molecule has 4 aromatic rings. The van der Waals surface area contributed by atoms with Gasteiger partial charge in [0.15, 0.2) is 0 Å². The summed E-state index contributed by atoms with van der Waals surface area (Å²) in [5.74, 6) is -1.51. The van der Waals surface area contributed by atoms with E-state index in [4.69, 9.17) is 16.7 Å². The molecule has 3 aromatic carbocycles. The molecule has 1 heterocycles. The Bertz CT molecular complexity index is 1560. The first kappa shape index (κ1) is 22.6. The molecule has 1 aromatic heterocycles. The Hall–Kier alpha value is -4.21. The lowest BCUT2D eigenvalue weighted by molar-refractivity contribution is -0.131. The van der Waals surface area contributed by atoms with Crippen LogP contribution in [0.5, 0.6) is 0 Å². The van der Waals surface area contributed by atoms with Crippen LogP contribution in [0.2, 0.25) is 5.02 Å². The minimum absolute atomic E-state index is 0.151. The molecule has 5 nitrogen and oxygen atoms in total. The van der Waals surface area contributed by atoms with E-state index < -0.39 is 11.9 Å². The van der Waals surface area contributed by atoms with Crippen molar-refractivity contribution in [2.45, 2.75) is 12.8 Å². The molecule has 0 radical (unpaired) electrons. The number of nitrogens with zero attached hydrogens (tertiary/aromatic N) is 2. The van der Waals surface area contributed by atoms with Crippen LogP contribution >= 0.6 is 11.6 Å². The zero-order chi connectivity index (χ0) is 24.5. The molecular formula is C28H19ClFN3O2. The fraction of sp³-hybridized carbons (Fsp3) is 0.107. The van der Waals surface area contributed by atoms with E-state index in [1.165, 1.54) is 6.08 Å². The molecule has 1 aliphatic carbocycles. The molecule has 7 heteroatoms. The number of nitriles is 1. The molecule has 2 N–H and O–H groups in total. The third kappa shape index (κ3) is 4.34. The highest BCUT2D eigenvalue weighted by molar-refractivity contribution is 6.33. The Balaban J connectivity index is 1.82. The van der Waals surface area contributed by atoms with Crippen molar-refractivity contribution >= 4 is 45.7 Å². The van der Waals surface area contributed by atoms with Crippen LogP contribution in [0.15, 0.2) is 66.7 Å². The van der Waals surface area contributed by atoms with Crippen molar-refractivity contribution in [3.8, 4) is 6.07 Å². The molecule has 0 amide bonds. The summed E-state index contributed by atoms with van der Waals surface area (Å²) in [5.41, 5.74) is 5.45. The number of carboxylic acids is 1. The lowest BCUT2D eigenvalue weighted by Crippen LogP contribution is -2.01. The van der Waals surface area contributed by atoms with E-state index in [-0.39, 0.29) is 16.9 Å². The highest BCUT2D eigenvalue weighted by atomic mass is 35.5. The average molecular weight is 484 g/mol. The number of aromatic amines is 1. The minimum atomic E-state index is -1.03. The summed E-state index contributed by atoms with van der Waals surface area (Å²) in [6.45, 7) is 0. The van der Waals surface area contributed by atoms with Gasteiger partial charge in [-0.25, -0.2) is 4.79 Å². The maximum atomic E-state index is 14.6. The number of benzene rings is 3. The predicted molar refractivity (Wildman–Crippen MR) is 134 cm³/mol. The van der Waals surface area contributed by atoms with Gasteiger partial charge in [0.2, 0.25) is 5.95 Å². The molecule has 0 bridgehead atoms. The second kappa shape index (κ2) is 9.21. The summed E-state index contributed by atoms with van der Waals surface area (Å²) in [6.07, 6.45) is 4.55. The number of hydrogen-bond acceptors (Lipinski definition) is 3. The van der Waals surface area contributed by atoms with E-state index in [2.05, 4.69) is 16.3 Å². The standard InChI is InChI=1S/C28H19ClFN3O2/c29-22-4-2-1-3-20(22)26(18-10-11-18)25(17-8-5-16(6-9-17)7-14-24(34)35)19-12-13-23-27(21(19)15-31)28(30)33-32-23/h1-9,12-14,18H,10-11H2,(H,32,33)(H,34,35). The van der Waals surface area contributed by atoms with Gasteiger partial charge >= 0.3 is 5.97 Å². The molecule has 0 saturated heterocycles. The molecule has 0 aliphatic heterocycles. The Morgan fingerprint density at radius 1 is 1.11 bits per heavy atom. The van der Waals surface area contributed by atoms with Crippen LogP contribution < -0.4 is 0 Å². The molecule has 1 fully saturated rings. The number of halogens is 2. The molecule has 0 unspecified atom stereocenters. The van der Waals surface area contributed by atoms with Gasteiger partial charge in [-0.05, 0) is 64.8 Å². The van der Waals surface area contributed by atoms with Crippen LogP contribution in [0.3, 0.4) is 0 Å². The summed E-state index contributed by atoms with van der Waals surface area (Å²) in [4.78, 5) is 10.9. The van der Waals surface area contributed by atoms with E-state index >= 15 is 0 Å². The molecule has 172 valence electrons. The van der Waals surface area contributed by atoms with Crippen molar-refractivity contribution in [2.75, 3.05) is 0 Å². The normalized spacial score (nSPS) is 14.2. The van der Waals surface area contributed by atoms with Gasteiger partial charge in [0, 0.05) is 16.7 Å². The summed E-state index contributed by atoms with van der Waals surface area (Å²) in [6, 6.07) is 20.7. The van der Waals surface area contributed by atoms with Crippen LogP contribution in [0.4, 0.5) is 4.39 Å². The van der Waals surface area contributed by atoms with Crippen molar-refractivity contribution in [3.05, 3.63) is 106 Å². The van der Waals surface area contributed by atoms with Crippen molar-refractivity contribution in [3.63, 3.8) is 0 Å². The quantitative estimate of drug-likeness (QED) is 0.236. The van der Waals surface area contributed by atoms with Gasteiger partial charge in [0.25, 0.3) is 0 Å². The Kier molecular flexibility index (Phi) is 5.94. The third-order valence-corrected chi connectivity index (χ3v) is 6.43. The van der Waals surface area contributed by atoms with E-state index in [0.29, 0.717) is 16.1 Å². The number of aromatic nitrogens is 2. The largest absolute Gasteiger partial charge is 0.478 e. The molecule has 1 aliphatic rings. The molecule has 1 saturated carbocycles. The number of nitrogens with one attached hydrogen (secondary N) is 1. The second-order valence-electron chi connectivity index (χ2n) is 8.37. The van der Waals surface area contributed by atoms with Crippen molar-refractivity contribution in [1.82, 2.24) is 10.2 Å². The Labute approximate surface area is 205 Å². The van der Waals surface area contributed by atoms with Gasteiger partial charge in [0.1, 0.15) is 6.07 Å². The minimum Gasteiger partial charge on any atom is -0.478 e. The van der Waals surface area contributed by atoms with Gasteiger partial charge in [-0.1, -0.05) is 60.1 Å². The number of rotatable bonds is 6. The highest BCUT2D eigenvalue weighted by Gasteiger charge is 2.32. The Morgan fingerprint density at radius 3 is 2.51 bits per heavy atom. The van der Waals surface area contributed by atoms with Crippen LogP contribution in [0.25, 0.3) is 28.1 Å². The van der Waals surface area contributed by atoms with E-state index in [1.54, 1.807) is 6.07 Å². The molecule has 0 spiro atoms. The van der Waals surface area contributed by atoms with Crippen LogP contribution in [-0.4, -0.2) is 21.3 Å². The monoisotopic (exact) mass is 483 g/mol. The number of aliphatic carboxylic acids is 1. The number of H-pyrrole nitrogens is 1. The summed E-state index contributed by atoms with van der Waals surface area (Å²) in [7, 11) is 0. The molecule has 0 atom stereocenters. The molecular weight excluding hydrogens is 465 g/mol. The molecule has 5 rings (SSSR count). The van der Waals surface area contributed by atoms with Gasteiger partial charge < -0.3 is 5.11 Å². The predicted octanol–water partition coefficient (Wildman–Crippen LogP) is 6.69. The first-order chi connectivity index (χ1) is 17.0. The zero-order valence-corrected chi connectivity index (χ0v) is 19.2. The maximum Gasteiger partial charge on any atom is 0.328 e. The SMILES string of the molecule is N#Cc1c(C(=C(c2ccccc2Cl)C2CC2)c2ccc(C=CC(=O)O)cc2)ccc2[nH]nc(F)c12. The topological polar surface area (TPSA) is 89.8 Å².